The number of aliphatic hydroxyl groups is 1. The summed E-state index contributed by atoms with van der Waals surface area (Å²) < 4.78 is 14.2. The van der Waals surface area contributed by atoms with E-state index in [-0.39, 0.29) is 5.82 Å². The van der Waals surface area contributed by atoms with E-state index in [0.29, 0.717) is 5.56 Å². The molecule has 17 heavy (non-hydrogen) atoms. The van der Waals surface area contributed by atoms with Crippen LogP contribution in [0.2, 0.25) is 0 Å². The lowest BCUT2D eigenvalue weighted by atomic mass is 9.97. The van der Waals surface area contributed by atoms with Crippen LogP contribution < -0.4 is 0 Å². The zero-order valence-corrected chi connectivity index (χ0v) is 11.5. The van der Waals surface area contributed by atoms with E-state index < -0.39 is 6.10 Å². The predicted molar refractivity (Wildman–Crippen MR) is 74.4 cm³/mol. The van der Waals surface area contributed by atoms with Crippen LogP contribution in [0.3, 0.4) is 0 Å². The SMILES string of the molecule is Cc1ccc(F)cc1C(O)c1cccc(I)c1. The van der Waals surface area contributed by atoms with Gasteiger partial charge in [-0.05, 0) is 70.5 Å². The van der Waals surface area contributed by atoms with Crippen LogP contribution in [0.5, 0.6) is 0 Å². The van der Waals surface area contributed by atoms with Crippen molar-refractivity contribution in [2.75, 3.05) is 0 Å². The molecule has 0 aliphatic rings. The highest BCUT2D eigenvalue weighted by atomic mass is 127. The third kappa shape index (κ3) is 2.84. The fraction of sp³-hybridized carbons (Fsp3) is 0.143. The maximum atomic E-state index is 13.2. The molecule has 1 unspecified atom stereocenters. The maximum Gasteiger partial charge on any atom is 0.123 e. The Hall–Kier alpha value is -0.940. The highest BCUT2D eigenvalue weighted by molar-refractivity contribution is 14.1. The molecule has 88 valence electrons. The minimum Gasteiger partial charge on any atom is -0.384 e. The van der Waals surface area contributed by atoms with Gasteiger partial charge in [-0.2, -0.15) is 0 Å². The molecule has 1 nitrogen and oxygen atoms in total. The van der Waals surface area contributed by atoms with Crippen LogP contribution in [0.25, 0.3) is 0 Å². The van der Waals surface area contributed by atoms with Crippen molar-refractivity contribution in [1.82, 2.24) is 0 Å². The summed E-state index contributed by atoms with van der Waals surface area (Å²) >= 11 is 2.19. The van der Waals surface area contributed by atoms with Crippen LogP contribution in [-0.4, -0.2) is 5.11 Å². The molecule has 0 saturated heterocycles. The van der Waals surface area contributed by atoms with E-state index in [1.165, 1.54) is 12.1 Å². The van der Waals surface area contributed by atoms with E-state index in [4.69, 9.17) is 0 Å². The van der Waals surface area contributed by atoms with Crippen molar-refractivity contribution >= 4 is 22.6 Å². The molecule has 0 heterocycles. The Labute approximate surface area is 113 Å². The highest BCUT2D eigenvalue weighted by Crippen LogP contribution is 2.26. The summed E-state index contributed by atoms with van der Waals surface area (Å²) in [4.78, 5) is 0. The van der Waals surface area contributed by atoms with Crippen molar-refractivity contribution in [3.8, 4) is 0 Å². The third-order valence-corrected chi connectivity index (χ3v) is 3.37. The number of hydrogen-bond acceptors (Lipinski definition) is 1. The largest absolute Gasteiger partial charge is 0.384 e. The van der Waals surface area contributed by atoms with Gasteiger partial charge in [-0.3, -0.25) is 0 Å². The van der Waals surface area contributed by atoms with Crippen molar-refractivity contribution in [2.45, 2.75) is 13.0 Å². The molecule has 3 heteroatoms. The lowest BCUT2D eigenvalue weighted by molar-refractivity contribution is 0.219. The van der Waals surface area contributed by atoms with Crippen LogP contribution in [0.15, 0.2) is 42.5 Å². The number of aliphatic hydroxyl groups excluding tert-OH is 1. The first kappa shape index (κ1) is 12.5. The van der Waals surface area contributed by atoms with Gasteiger partial charge in [0.1, 0.15) is 11.9 Å². The highest BCUT2D eigenvalue weighted by Gasteiger charge is 2.13. The Morgan fingerprint density at radius 3 is 2.65 bits per heavy atom. The molecule has 0 saturated carbocycles. The van der Waals surface area contributed by atoms with Gasteiger partial charge in [-0.1, -0.05) is 18.2 Å². The fourth-order valence-electron chi connectivity index (χ4n) is 1.76. The molecule has 0 spiro atoms. The molecule has 0 bridgehead atoms. The van der Waals surface area contributed by atoms with Crippen molar-refractivity contribution in [2.24, 2.45) is 0 Å². The van der Waals surface area contributed by atoms with Crippen LogP contribution >= 0.6 is 22.6 Å². The lowest BCUT2D eigenvalue weighted by Crippen LogP contribution is -2.02. The van der Waals surface area contributed by atoms with Gasteiger partial charge in [0.15, 0.2) is 0 Å². The van der Waals surface area contributed by atoms with Gasteiger partial charge in [0.25, 0.3) is 0 Å². The van der Waals surface area contributed by atoms with Gasteiger partial charge in [0.2, 0.25) is 0 Å². The lowest BCUT2D eigenvalue weighted by Gasteiger charge is -2.14. The van der Waals surface area contributed by atoms with Gasteiger partial charge in [-0.15, -0.1) is 0 Å². The molecule has 0 radical (unpaired) electrons. The first-order valence-electron chi connectivity index (χ1n) is 5.27. The molecule has 0 aliphatic heterocycles. The smallest absolute Gasteiger partial charge is 0.123 e. The monoisotopic (exact) mass is 342 g/mol. The standard InChI is InChI=1S/C14H12FIO/c1-9-5-6-11(15)8-13(9)14(17)10-3-2-4-12(16)7-10/h2-8,14,17H,1H3. The van der Waals surface area contributed by atoms with Crippen molar-refractivity contribution in [3.05, 3.63) is 68.5 Å². The molecule has 1 N–H and O–H groups in total. The van der Waals surface area contributed by atoms with Gasteiger partial charge in [0, 0.05) is 3.57 Å². The molecule has 0 aliphatic carbocycles. The van der Waals surface area contributed by atoms with Crippen LogP contribution in [-0.2, 0) is 0 Å². The zero-order valence-electron chi connectivity index (χ0n) is 9.32. The quantitative estimate of drug-likeness (QED) is 0.823. The summed E-state index contributed by atoms with van der Waals surface area (Å²) in [6.07, 6.45) is -0.777. The number of benzene rings is 2. The second-order valence-corrected chi connectivity index (χ2v) is 5.20. The maximum absolute atomic E-state index is 13.2. The number of rotatable bonds is 2. The minimum atomic E-state index is -0.777. The van der Waals surface area contributed by atoms with E-state index in [0.717, 1.165) is 14.7 Å². The second-order valence-electron chi connectivity index (χ2n) is 3.96. The average molecular weight is 342 g/mol. The fourth-order valence-corrected chi connectivity index (χ4v) is 2.33. The molecular weight excluding hydrogens is 330 g/mol. The molecule has 2 aromatic carbocycles. The van der Waals surface area contributed by atoms with Gasteiger partial charge < -0.3 is 5.11 Å². The summed E-state index contributed by atoms with van der Waals surface area (Å²) in [6, 6.07) is 12.1. The Kier molecular flexibility index (Phi) is 3.79. The van der Waals surface area contributed by atoms with E-state index in [9.17, 15) is 9.50 Å². The van der Waals surface area contributed by atoms with Crippen LogP contribution in [0.4, 0.5) is 4.39 Å². The predicted octanol–water partition coefficient (Wildman–Crippen LogP) is 3.82. The van der Waals surface area contributed by atoms with E-state index in [1.54, 1.807) is 6.07 Å². The summed E-state index contributed by atoms with van der Waals surface area (Å²) in [5, 5.41) is 10.3. The third-order valence-electron chi connectivity index (χ3n) is 2.70. The minimum absolute atomic E-state index is 0.324. The number of hydrogen-bond donors (Lipinski definition) is 1. The topological polar surface area (TPSA) is 20.2 Å². The Balaban J connectivity index is 2.43. The van der Waals surface area contributed by atoms with E-state index in [2.05, 4.69) is 22.6 Å². The average Bonchev–Trinajstić information content (AvgIpc) is 2.31. The van der Waals surface area contributed by atoms with Crippen molar-refractivity contribution in [1.29, 1.82) is 0 Å². The number of aryl methyl sites for hydroxylation is 1. The molecule has 0 amide bonds. The summed E-state index contributed by atoms with van der Waals surface area (Å²) in [7, 11) is 0. The molecule has 2 aromatic rings. The van der Waals surface area contributed by atoms with Crippen molar-refractivity contribution < 1.29 is 9.50 Å². The molecule has 2 rings (SSSR count). The molecule has 1 atom stereocenters. The van der Waals surface area contributed by atoms with Gasteiger partial charge >= 0.3 is 0 Å². The zero-order chi connectivity index (χ0) is 12.4. The Morgan fingerprint density at radius 1 is 1.18 bits per heavy atom. The Bertz CT molecular complexity index is 539. The van der Waals surface area contributed by atoms with E-state index in [1.807, 2.05) is 31.2 Å². The Morgan fingerprint density at radius 2 is 1.94 bits per heavy atom. The summed E-state index contributed by atoms with van der Waals surface area (Å²) in [5.74, 6) is -0.324. The first-order valence-corrected chi connectivity index (χ1v) is 6.35. The van der Waals surface area contributed by atoms with E-state index >= 15 is 0 Å². The van der Waals surface area contributed by atoms with Crippen molar-refractivity contribution in [3.63, 3.8) is 0 Å². The van der Waals surface area contributed by atoms with Crippen LogP contribution in [0, 0.1) is 16.3 Å². The second kappa shape index (κ2) is 5.14. The summed E-state index contributed by atoms with van der Waals surface area (Å²) in [5.41, 5.74) is 2.29. The van der Waals surface area contributed by atoms with Gasteiger partial charge in [0.05, 0.1) is 0 Å². The summed E-state index contributed by atoms with van der Waals surface area (Å²) in [6.45, 7) is 1.87. The molecular formula is C14H12FIO. The molecule has 0 aromatic heterocycles. The number of halogens is 2. The van der Waals surface area contributed by atoms with Crippen LogP contribution in [0.1, 0.15) is 22.8 Å². The van der Waals surface area contributed by atoms with Gasteiger partial charge in [-0.25, -0.2) is 4.39 Å². The normalized spacial score (nSPS) is 12.5. The first-order chi connectivity index (χ1) is 8.08. The molecule has 0 fully saturated rings.